The van der Waals surface area contributed by atoms with Crippen LogP contribution in [0.25, 0.3) is 0 Å². The summed E-state index contributed by atoms with van der Waals surface area (Å²) in [6, 6.07) is 8.28. The van der Waals surface area contributed by atoms with E-state index in [1.807, 2.05) is 12.1 Å². The van der Waals surface area contributed by atoms with Gasteiger partial charge in [-0.25, -0.2) is 0 Å². The van der Waals surface area contributed by atoms with Crippen LogP contribution in [0.15, 0.2) is 24.3 Å². The third kappa shape index (κ3) is 4.69. The number of unbranched alkanes of at least 4 members (excludes halogenated alkanes) is 1. The molecule has 2 rings (SSSR count). The van der Waals surface area contributed by atoms with Gasteiger partial charge in [-0.1, -0.05) is 25.5 Å². The Hall–Kier alpha value is -1.26. The lowest BCUT2D eigenvalue weighted by molar-refractivity contribution is 0.0982. The second-order valence-electron chi connectivity index (χ2n) is 5.02. The van der Waals surface area contributed by atoms with Crippen molar-refractivity contribution in [3.8, 4) is 5.75 Å². The highest BCUT2D eigenvalue weighted by Gasteiger charge is 2.14. The molecular formula is C16H26N2O2. The monoisotopic (exact) mass is 278 g/mol. The van der Waals surface area contributed by atoms with Crippen LogP contribution in [-0.4, -0.2) is 46.0 Å². The molecule has 0 saturated carbocycles. The van der Waals surface area contributed by atoms with Gasteiger partial charge < -0.3 is 19.7 Å². The zero-order valence-electron chi connectivity index (χ0n) is 12.4. The number of ether oxygens (including phenoxy) is 2. The van der Waals surface area contributed by atoms with E-state index in [1.165, 1.54) is 12.1 Å². The van der Waals surface area contributed by atoms with Gasteiger partial charge >= 0.3 is 0 Å². The van der Waals surface area contributed by atoms with E-state index in [0.29, 0.717) is 13.2 Å². The molecule has 20 heavy (non-hydrogen) atoms. The van der Waals surface area contributed by atoms with E-state index in [2.05, 4.69) is 29.3 Å². The van der Waals surface area contributed by atoms with Gasteiger partial charge in [0.25, 0.3) is 0 Å². The Morgan fingerprint density at radius 2 is 1.90 bits per heavy atom. The summed E-state index contributed by atoms with van der Waals surface area (Å²) < 4.78 is 11.4. The largest absolute Gasteiger partial charge is 0.489 e. The second kappa shape index (κ2) is 8.82. The quantitative estimate of drug-likeness (QED) is 0.740. The first-order chi connectivity index (χ1) is 9.92. The summed E-state index contributed by atoms with van der Waals surface area (Å²) in [5.41, 5.74) is 1.20. The van der Waals surface area contributed by atoms with Gasteiger partial charge in [0.05, 0.1) is 12.3 Å². The van der Waals surface area contributed by atoms with E-state index in [1.54, 1.807) is 0 Å². The van der Waals surface area contributed by atoms with Gasteiger partial charge in [0.2, 0.25) is 0 Å². The fourth-order valence-electron chi connectivity index (χ4n) is 2.31. The van der Waals surface area contributed by atoms with Gasteiger partial charge in [0, 0.05) is 32.8 Å². The van der Waals surface area contributed by atoms with Crippen molar-refractivity contribution in [3.63, 3.8) is 0 Å². The molecule has 1 aromatic rings. The van der Waals surface area contributed by atoms with Crippen LogP contribution in [0, 0.1) is 0 Å². The Morgan fingerprint density at radius 1 is 1.10 bits per heavy atom. The van der Waals surface area contributed by atoms with Crippen molar-refractivity contribution in [1.29, 1.82) is 0 Å². The molecule has 0 unspecified atom stereocenters. The lowest BCUT2D eigenvalue weighted by atomic mass is 10.2. The molecule has 0 atom stereocenters. The molecule has 1 saturated heterocycles. The number of nitrogens with zero attached hydrogens (tertiary/aromatic N) is 1. The van der Waals surface area contributed by atoms with Crippen molar-refractivity contribution in [2.45, 2.75) is 19.8 Å². The van der Waals surface area contributed by atoms with Crippen molar-refractivity contribution in [1.82, 2.24) is 5.32 Å². The number of rotatable bonds is 8. The zero-order chi connectivity index (χ0) is 14.0. The fraction of sp³-hybridized carbons (Fsp3) is 0.625. The number of nitrogens with one attached hydrogen (secondary N) is 1. The lowest BCUT2D eigenvalue weighted by Gasteiger charge is -2.30. The highest BCUT2D eigenvalue weighted by molar-refractivity contribution is 5.58. The Balaban J connectivity index is 1.81. The molecule has 0 amide bonds. The van der Waals surface area contributed by atoms with E-state index in [0.717, 1.165) is 45.0 Å². The van der Waals surface area contributed by atoms with Crippen molar-refractivity contribution in [2.75, 3.05) is 50.9 Å². The van der Waals surface area contributed by atoms with Gasteiger partial charge in [-0.15, -0.1) is 0 Å². The third-order valence-electron chi connectivity index (χ3n) is 3.45. The second-order valence-corrected chi connectivity index (χ2v) is 5.02. The SMILES string of the molecule is CCCCOCCOc1ccccc1N1CCNCC1. The van der Waals surface area contributed by atoms with E-state index >= 15 is 0 Å². The van der Waals surface area contributed by atoms with Crippen molar-refractivity contribution >= 4 is 5.69 Å². The zero-order valence-corrected chi connectivity index (χ0v) is 12.4. The first-order valence-electron chi connectivity index (χ1n) is 7.67. The molecule has 4 heteroatoms. The van der Waals surface area contributed by atoms with Crippen LogP contribution in [0.5, 0.6) is 5.75 Å². The van der Waals surface area contributed by atoms with Crippen molar-refractivity contribution in [3.05, 3.63) is 24.3 Å². The number of para-hydroxylation sites is 2. The maximum atomic E-state index is 5.88. The van der Waals surface area contributed by atoms with Gasteiger partial charge in [0.1, 0.15) is 12.4 Å². The smallest absolute Gasteiger partial charge is 0.142 e. The van der Waals surface area contributed by atoms with E-state index in [-0.39, 0.29) is 0 Å². The molecule has 112 valence electrons. The van der Waals surface area contributed by atoms with Crippen molar-refractivity contribution < 1.29 is 9.47 Å². The van der Waals surface area contributed by atoms with Crippen LogP contribution in [0.4, 0.5) is 5.69 Å². The fourth-order valence-corrected chi connectivity index (χ4v) is 2.31. The Kier molecular flexibility index (Phi) is 6.68. The van der Waals surface area contributed by atoms with E-state index in [4.69, 9.17) is 9.47 Å². The summed E-state index contributed by atoms with van der Waals surface area (Å²) in [5, 5.41) is 3.37. The molecule has 4 nitrogen and oxygen atoms in total. The number of anilines is 1. The van der Waals surface area contributed by atoms with Crippen LogP contribution >= 0.6 is 0 Å². The predicted octanol–water partition coefficient (Wildman–Crippen LogP) is 2.29. The number of hydrogen-bond acceptors (Lipinski definition) is 4. The maximum absolute atomic E-state index is 5.88. The Labute approximate surface area is 122 Å². The first-order valence-corrected chi connectivity index (χ1v) is 7.67. The predicted molar refractivity (Wildman–Crippen MR) is 82.7 cm³/mol. The van der Waals surface area contributed by atoms with E-state index < -0.39 is 0 Å². The van der Waals surface area contributed by atoms with E-state index in [9.17, 15) is 0 Å². The summed E-state index contributed by atoms with van der Waals surface area (Å²) in [4.78, 5) is 2.38. The minimum absolute atomic E-state index is 0.618. The van der Waals surface area contributed by atoms with Gasteiger partial charge in [-0.3, -0.25) is 0 Å². The van der Waals surface area contributed by atoms with Crippen LogP contribution in [0.2, 0.25) is 0 Å². The Morgan fingerprint density at radius 3 is 2.70 bits per heavy atom. The molecular weight excluding hydrogens is 252 g/mol. The summed E-state index contributed by atoms with van der Waals surface area (Å²) in [5.74, 6) is 0.966. The summed E-state index contributed by atoms with van der Waals surface area (Å²) in [6.45, 7) is 8.43. The third-order valence-corrected chi connectivity index (χ3v) is 3.45. The minimum Gasteiger partial charge on any atom is -0.489 e. The van der Waals surface area contributed by atoms with Crippen LogP contribution in [-0.2, 0) is 4.74 Å². The van der Waals surface area contributed by atoms with Gasteiger partial charge in [-0.05, 0) is 18.6 Å². The molecule has 0 aromatic heterocycles. The highest BCUT2D eigenvalue weighted by atomic mass is 16.5. The van der Waals surface area contributed by atoms with Crippen LogP contribution in [0.3, 0.4) is 0 Å². The standard InChI is InChI=1S/C16H26N2O2/c1-2-3-12-19-13-14-20-16-7-5-4-6-15(16)18-10-8-17-9-11-18/h4-7,17H,2-3,8-14H2,1H3. The maximum Gasteiger partial charge on any atom is 0.142 e. The molecule has 0 bridgehead atoms. The number of piperazine rings is 1. The molecule has 0 radical (unpaired) electrons. The van der Waals surface area contributed by atoms with Crippen molar-refractivity contribution in [2.24, 2.45) is 0 Å². The van der Waals surface area contributed by atoms with Crippen LogP contribution < -0.4 is 15.0 Å². The summed E-state index contributed by atoms with van der Waals surface area (Å²) in [6.07, 6.45) is 2.30. The molecule has 1 heterocycles. The van der Waals surface area contributed by atoms with Crippen LogP contribution in [0.1, 0.15) is 19.8 Å². The number of hydrogen-bond donors (Lipinski definition) is 1. The molecule has 1 N–H and O–H groups in total. The molecule has 0 spiro atoms. The minimum atomic E-state index is 0.618. The summed E-state index contributed by atoms with van der Waals surface area (Å²) in [7, 11) is 0. The van der Waals surface area contributed by atoms with Gasteiger partial charge in [0.15, 0.2) is 0 Å². The molecule has 1 aliphatic heterocycles. The molecule has 1 fully saturated rings. The summed E-state index contributed by atoms with van der Waals surface area (Å²) >= 11 is 0. The van der Waals surface area contributed by atoms with Gasteiger partial charge in [-0.2, -0.15) is 0 Å². The molecule has 0 aliphatic carbocycles. The molecule has 1 aromatic carbocycles. The number of benzene rings is 1. The Bertz CT molecular complexity index is 378. The normalized spacial score (nSPS) is 15.3. The first kappa shape index (κ1) is 15.1. The average molecular weight is 278 g/mol. The molecule has 1 aliphatic rings. The topological polar surface area (TPSA) is 33.7 Å². The highest BCUT2D eigenvalue weighted by Crippen LogP contribution is 2.28. The average Bonchev–Trinajstić information content (AvgIpc) is 2.52. The lowest BCUT2D eigenvalue weighted by Crippen LogP contribution is -2.43.